The highest BCUT2D eigenvalue weighted by Crippen LogP contribution is 2.21. The van der Waals surface area contributed by atoms with Gasteiger partial charge in [0.2, 0.25) is 0 Å². The Hall–Kier alpha value is -1.37. The van der Waals surface area contributed by atoms with Crippen LogP contribution in [0.3, 0.4) is 0 Å². The van der Waals surface area contributed by atoms with Crippen molar-refractivity contribution in [3.05, 3.63) is 23.2 Å². The van der Waals surface area contributed by atoms with Crippen molar-refractivity contribution in [1.82, 2.24) is 10.3 Å². The number of aromatic nitrogens is 1. The van der Waals surface area contributed by atoms with Gasteiger partial charge in [0.15, 0.2) is 0 Å². The van der Waals surface area contributed by atoms with Crippen molar-refractivity contribution in [3.8, 4) is 0 Å². The van der Waals surface area contributed by atoms with E-state index in [1.807, 2.05) is 11.4 Å². The molecule has 1 amide bonds. The van der Waals surface area contributed by atoms with E-state index in [2.05, 4.69) is 10.3 Å². The van der Waals surface area contributed by atoms with Gasteiger partial charge in [0.25, 0.3) is 5.91 Å². The molecule has 1 atom stereocenters. The molecule has 5 nitrogen and oxygen atoms in total. The average Bonchev–Trinajstić information content (AvgIpc) is 2.88. The smallest absolute Gasteiger partial charge is 0.267 e. The van der Waals surface area contributed by atoms with Gasteiger partial charge in [-0.15, -0.1) is 11.3 Å². The van der Waals surface area contributed by atoms with Crippen LogP contribution in [-0.4, -0.2) is 40.4 Å². The first-order valence-electron chi connectivity index (χ1n) is 5.34. The Bertz CT molecular complexity index is 477. The summed E-state index contributed by atoms with van der Waals surface area (Å²) in [5.41, 5.74) is 1.47. The van der Waals surface area contributed by atoms with Crippen molar-refractivity contribution in [2.75, 3.05) is 13.2 Å². The number of aliphatic hydroxyl groups excluding tert-OH is 2. The van der Waals surface area contributed by atoms with Crippen molar-refractivity contribution < 1.29 is 15.0 Å². The minimum absolute atomic E-state index is 0.196. The number of hydrogen-bond acceptors (Lipinski definition) is 4. The normalized spacial score (nSPS) is 12.8. The fraction of sp³-hybridized carbons (Fsp3) is 0.364. The molecule has 92 valence electrons. The Balaban J connectivity index is 1.90. The van der Waals surface area contributed by atoms with E-state index in [0.29, 0.717) is 18.7 Å². The topological polar surface area (TPSA) is 85.3 Å². The molecule has 0 saturated heterocycles. The van der Waals surface area contributed by atoms with Gasteiger partial charge < -0.3 is 20.5 Å². The molecular weight excluding hydrogens is 240 g/mol. The number of aliphatic hydroxyl groups is 2. The third-order valence-corrected chi connectivity index (χ3v) is 3.32. The summed E-state index contributed by atoms with van der Waals surface area (Å²) in [6.07, 6.45) is -0.431. The molecule has 2 aromatic rings. The molecule has 2 aromatic heterocycles. The molecule has 2 rings (SSSR count). The summed E-state index contributed by atoms with van der Waals surface area (Å²) in [6.45, 7) is 0.0569. The molecule has 0 radical (unpaired) electrons. The number of thiophene rings is 1. The molecule has 0 saturated carbocycles. The SMILES string of the molecule is O=C(NCC[C@@H](O)CO)c1cc2sccc2[nH]1. The molecule has 0 unspecified atom stereocenters. The van der Waals surface area contributed by atoms with Crippen LogP contribution in [0, 0.1) is 0 Å². The predicted octanol–water partition coefficient (Wildman–Crippen LogP) is 0.703. The number of aromatic amines is 1. The number of H-pyrrole nitrogens is 1. The number of carbonyl (C=O) groups excluding carboxylic acids is 1. The minimum Gasteiger partial charge on any atom is -0.394 e. The lowest BCUT2D eigenvalue weighted by Gasteiger charge is -2.07. The molecular formula is C11H14N2O3S. The van der Waals surface area contributed by atoms with E-state index in [0.717, 1.165) is 10.2 Å². The Morgan fingerprint density at radius 2 is 2.41 bits per heavy atom. The molecule has 2 heterocycles. The third kappa shape index (κ3) is 2.85. The summed E-state index contributed by atoms with van der Waals surface area (Å²) in [5.74, 6) is -0.196. The molecule has 6 heteroatoms. The van der Waals surface area contributed by atoms with E-state index in [1.54, 1.807) is 17.4 Å². The highest BCUT2D eigenvalue weighted by Gasteiger charge is 2.10. The molecule has 4 N–H and O–H groups in total. The molecule has 0 fully saturated rings. The lowest BCUT2D eigenvalue weighted by Crippen LogP contribution is -2.28. The van der Waals surface area contributed by atoms with Gasteiger partial charge in [-0.05, 0) is 23.9 Å². The van der Waals surface area contributed by atoms with Gasteiger partial charge in [0.1, 0.15) is 5.69 Å². The fourth-order valence-electron chi connectivity index (χ4n) is 1.51. The van der Waals surface area contributed by atoms with Crippen LogP contribution in [0.1, 0.15) is 16.9 Å². The Labute approximate surface area is 102 Å². The largest absolute Gasteiger partial charge is 0.394 e. The van der Waals surface area contributed by atoms with Gasteiger partial charge in [0.05, 0.1) is 22.9 Å². The fourth-order valence-corrected chi connectivity index (χ4v) is 2.29. The van der Waals surface area contributed by atoms with Gasteiger partial charge in [-0.25, -0.2) is 0 Å². The number of carbonyl (C=O) groups is 1. The lowest BCUT2D eigenvalue weighted by atomic mass is 10.2. The lowest BCUT2D eigenvalue weighted by molar-refractivity contribution is 0.0832. The van der Waals surface area contributed by atoms with Crippen LogP contribution in [0.5, 0.6) is 0 Å². The Morgan fingerprint density at radius 1 is 1.59 bits per heavy atom. The van der Waals surface area contributed by atoms with Crippen LogP contribution in [-0.2, 0) is 0 Å². The zero-order chi connectivity index (χ0) is 12.3. The first-order chi connectivity index (χ1) is 8.20. The van der Waals surface area contributed by atoms with Gasteiger partial charge >= 0.3 is 0 Å². The monoisotopic (exact) mass is 254 g/mol. The molecule has 0 aliphatic rings. The second-order valence-corrected chi connectivity index (χ2v) is 4.71. The summed E-state index contributed by atoms with van der Waals surface area (Å²) >= 11 is 1.57. The van der Waals surface area contributed by atoms with E-state index in [-0.39, 0.29) is 12.5 Å². The predicted molar refractivity (Wildman–Crippen MR) is 66.2 cm³/mol. The minimum atomic E-state index is -0.776. The molecule has 0 aromatic carbocycles. The van der Waals surface area contributed by atoms with E-state index in [9.17, 15) is 4.79 Å². The molecule has 0 bridgehead atoms. The summed E-state index contributed by atoms with van der Waals surface area (Å²) in [6, 6.07) is 3.73. The first kappa shape index (κ1) is 12.1. The van der Waals surface area contributed by atoms with Gasteiger partial charge in [0, 0.05) is 6.54 Å². The third-order valence-electron chi connectivity index (χ3n) is 2.46. The zero-order valence-corrected chi connectivity index (χ0v) is 9.96. The second-order valence-electron chi connectivity index (χ2n) is 3.76. The Kier molecular flexibility index (Phi) is 3.78. The van der Waals surface area contributed by atoms with Gasteiger partial charge in [-0.1, -0.05) is 0 Å². The molecule has 17 heavy (non-hydrogen) atoms. The summed E-state index contributed by atoms with van der Waals surface area (Å²) in [7, 11) is 0. The van der Waals surface area contributed by atoms with Crippen LogP contribution in [0.4, 0.5) is 0 Å². The van der Waals surface area contributed by atoms with E-state index < -0.39 is 6.10 Å². The van der Waals surface area contributed by atoms with Crippen LogP contribution in [0.15, 0.2) is 17.5 Å². The molecule has 0 aliphatic heterocycles. The van der Waals surface area contributed by atoms with Gasteiger partial charge in [-0.3, -0.25) is 4.79 Å². The number of rotatable bonds is 5. The standard InChI is InChI=1S/C11H14N2O3S/c14-6-7(15)1-3-12-11(16)9-5-10-8(13-9)2-4-17-10/h2,4-5,7,13-15H,1,3,6H2,(H,12,16)/t7-/m1/s1. The van der Waals surface area contributed by atoms with E-state index in [4.69, 9.17) is 10.2 Å². The average molecular weight is 254 g/mol. The van der Waals surface area contributed by atoms with Gasteiger partial charge in [-0.2, -0.15) is 0 Å². The van der Waals surface area contributed by atoms with Crippen LogP contribution in [0.25, 0.3) is 10.2 Å². The maximum Gasteiger partial charge on any atom is 0.267 e. The number of nitrogens with one attached hydrogen (secondary N) is 2. The highest BCUT2D eigenvalue weighted by molar-refractivity contribution is 7.17. The quantitative estimate of drug-likeness (QED) is 0.633. The number of fused-ring (bicyclic) bond motifs is 1. The highest BCUT2D eigenvalue weighted by atomic mass is 32.1. The van der Waals surface area contributed by atoms with E-state index in [1.165, 1.54) is 0 Å². The summed E-state index contributed by atoms with van der Waals surface area (Å²) < 4.78 is 1.05. The summed E-state index contributed by atoms with van der Waals surface area (Å²) in [5, 5.41) is 22.4. The molecule has 0 aliphatic carbocycles. The Morgan fingerprint density at radius 3 is 3.12 bits per heavy atom. The van der Waals surface area contributed by atoms with Crippen molar-refractivity contribution in [3.63, 3.8) is 0 Å². The van der Waals surface area contributed by atoms with Crippen molar-refractivity contribution in [2.24, 2.45) is 0 Å². The maximum atomic E-state index is 11.7. The van der Waals surface area contributed by atoms with Crippen LogP contribution < -0.4 is 5.32 Å². The number of hydrogen-bond donors (Lipinski definition) is 4. The second kappa shape index (κ2) is 5.31. The van der Waals surface area contributed by atoms with Crippen molar-refractivity contribution in [2.45, 2.75) is 12.5 Å². The molecule has 0 spiro atoms. The maximum absolute atomic E-state index is 11.7. The van der Waals surface area contributed by atoms with Crippen LogP contribution in [0.2, 0.25) is 0 Å². The summed E-state index contributed by atoms with van der Waals surface area (Å²) in [4.78, 5) is 14.7. The van der Waals surface area contributed by atoms with Crippen LogP contribution >= 0.6 is 11.3 Å². The van der Waals surface area contributed by atoms with Crippen molar-refractivity contribution >= 4 is 27.5 Å². The number of amides is 1. The van der Waals surface area contributed by atoms with Crippen molar-refractivity contribution in [1.29, 1.82) is 0 Å². The first-order valence-corrected chi connectivity index (χ1v) is 6.22. The van der Waals surface area contributed by atoms with E-state index >= 15 is 0 Å². The zero-order valence-electron chi connectivity index (χ0n) is 9.14.